The van der Waals surface area contributed by atoms with Crippen LogP contribution in [0.2, 0.25) is 0 Å². The van der Waals surface area contributed by atoms with E-state index in [1.807, 2.05) is 6.92 Å². The number of fused-ring (bicyclic) bond motifs is 1. The van der Waals surface area contributed by atoms with Gasteiger partial charge in [-0.05, 0) is 30.7 Å². The number of hydrogen-bond acceptors (Lipinski definition) is 10. The Morgan fingerprint density at radius 2 is 1.73 bits per heavy atom. The Bertz CT molecular complexity index is 960. The Labute approximate surface area is 148 Å². The molecule has 0 unspecified atom stereocenters. The van der Waals surface area contributed by atoms with Crippen LogP contribution < -0.4 is 21.9 Å². The number of nitrogen functional groups attached to an aromatic ring is 3. The van der Waals surface area contributed by atoms with Gasteiger partial charge < -0.3 is 26.7 Å². The quantitative estimate of drug-likeness (QED) is 0.463. The standard InChI is InChI=1S/C16H17N7O3/c1-2-7-25-16(24)26-9-5-3-8(4-6-9)10-12(17)21-14-11(20-10)13(18)22-15(19)23-14/h3-6H,2,7H2,1H3,(H6,17,18,19,21,22,23). The average molecular weight is 355 g/mol. The summed E-state index contributed by atoms with van der Waals surface area (Å²) in [6.45, 7) is 2.19. The van der Waals surface area contributed by atoms with Crippen LogP contribution in [0, 0.1) is 0 Å². The van der Waals surface area contributed by atoms with E-state index < -0.39 is 6.16 Å². The SMILES string of the molecule is CCCOC(=O)Oc1ccc(-c2nc3c(N)nc(N)nc3nc2N)cc1. The van der Waals surface area contributed by atoms with Crippen molar-refractivity contribution in [1.82, 2.24) is 19.9 Å². The molecule has 0 bridgehead atoms. The molecule has 0 aliphatic rings. The summed E-state index contributed by atoms with van der Waals surface area (Å²) in [7, 11) is 0. The van der Waals surface area contributed by atoms with Crippen molar-refractivity contribution in [3.63, 3.8) is 0 Å². The van der Waals surface area contributed by atoms with Crippen molar-refractivity contribution in [2.75, 3.05) is 23.8 Å². The molecule has 3 rings (SSSR count). The van der Waals surface area contributed by atoms with Gasteiger partial charge in [0.2, 0.25) is 5.95 Å². The van der Waals surface area contributed by atoms with Gasteiger partial charge in [0.25, 0.3) is 0 Å². The van der Waals surface area contributed by atoms with Crippen molar-refractivity contribution in [2.45, 2.75) is 13.3 Å². The van der Waals surface area contributed by atoms with Gasteiger partial charge in [-0.1, -0.05) is 6.92 Å². The zero-order valence-electron chi connectivity index (χ0n) is 14.0. The van der Waals surface area contributed by atoms with Crippen molar-refractivity contribution in [3.8, 4) is 17.0 Å². The van der Waals surface area contributed by atoms with E-state index in [0.29, 0.717) is 35.6 Å². The van der Waals surface area contributed by atoms with E-state index in [0.717, 1.165) is 0 Å². The third-order valence-corrected chi connectivity index (χ3v) is 3.36. The van der Waals surface area contributed by atoms with Crippen molar-refractivity contribution >= 4 is 34.9 Å². The molecule has 0 radical (unpaired) electrons. The van der Waals surface area contributed by atoms with Gasteiger partial charge in [-0.3, -0.25) is 0 Å². The highest BCUT2D eigenvalue weighted by Crippen LogP contribution is 2.27. The maximum Gasteiger partial charge on any atom is 0.513 e. The smallest absolute Gasteiger partial charge is 0.434 e. The fraction of sp³-hybridized carbons (Fsp3) is 0.188. The molecule has 0 fully saturated rings. The molecule has 10 heteroatoms. The number of nitrogens with zero attached hydrogens (tertiary/aromatic N) is 4. The second-order valence-corrected chi connectivity index (χ2v) is 5.32. The third-order valence-electron chi connectivity index (χ3n) is 3.36. The van der Waals surface area contributed by atoms with E-state index in [9.17, 15) is 4.79 Å². The van der Waals surface area contributed by atoms with E-state index in [1.54, 1.807) is 24.3 Å². The number of nitrogens with two attached hydrogens (primary N) is 3. The summed E-state index contributed by atoms with van der Waals surface area (Å²) in [6, 6.07) is 6.55. The van der Waals surface area contributed by atoms with Gasteiger partial charge >= 0.3 is 6.16 Å². The number of benzene rings is 1. The highest BCUT2D eigenvalue weighted by Gasteiger charge is 2.13. The van der Waals surface area contributed by atoms with E-state index in [2.05, 4.69) is 19.9 Å². The molecule has 0 spiro atoms. The molecule has 0 aliphatic carbocycles. The van der Waals surface area contributed by atoms with Gasteiger partial charge in [-0.2, -0.15) is 9.97 Å². The highest BCUT2D eigenvalue weighted by molar-refractivity contribution is 5.87. The first-order valence-corrected chi connectivity index (χ1v) is 7.79. The number of carbonyl (C=O) groups is 1. The lowest BCUT2D eigenvalue weighted by Gasteiger charge is -2.09. The van der Waals surface area contributed by atoms with Crippen LogP contribution in [-0.2, 0) is 4.74 Å². The minimum Gasteiger partial charge on any atom is -0.434 e. The number of rotatable bonds is 4. The van der Waals surface area contributed by atoms with Gasteiger partial charge in [-0.15, -0.1) is 0 Å². The van der Waals surface area contributed by atoms with E-state index >= 15 is 0 Å². The lowest BCUT2D eigenvalue weighted by atomic mass is 10.1. The predicted molar refractivity (Wildman–Crippen MR) is 96.1 cm³/mol. The summed E-state index contributed by atoms with van der Waals surface area (Å²) in [5.41, 5.74) is 18.9. The highest BCUT2D eigenvalue weighted by atomic mass is 16.7. The third kappa shape index (κ3) is 3.53. The number of anilines is 3. The van der Waals surface area contributed by atoms with Crippen LogP contribution in [-0.4, -0.2) is 32.7 Å². The molecule has 1 aromatic carbocycles. The van der Waals surface area contributed by atoms with Gasteiger partial charge in [0.1, 0.15) is 11.4 Å². The van der Waals surface area contributed by atoms with Crippen molar-refractivity contribution in [1.29, 1.82) is 0 Å². The van der Waals surface area contributed by atoms with Crippen LogP contribution in [0.5, 0.6) is 5.75 Å². The van der Waals surface area contributed by atoms with Gasteiger partial charge in [0.05, 0.1) is 6.61 Å². The van der Waals surface area contributed by atoms with Crippen LogP contribution in [0.4, 0.5) is 22.4 Å². The second kappa shape index (κ2) is 7.05. The van der Waals surface area contributed by atoms with E-state index in [4.69, 9.17) is 26.7 Å². The van der Waals surface area contributed by atoms with Crippen LogP contribution in [0.25, 0.3) is 22.4 Å². The second-order valence-electron chi connectivity index (χ2n) is 5.32. The van der Waals surface area contributed by atoms with Crippen LogP contribution >= 0.6 is 0 Å². The Morgan fingerprint density at radius 3 is 2.42 bits per heavy atom. The fourth-order valence-corrected chi connectivity index (χ4v) is 2.20. The molecule has 2 heterocycles. The first-order valence-electron chi connectivity index (χ1n) is 7.79. The number of hydrogen-bond donors (Lipinski definition) is 3. The topological polar surface area (TPSA) is 165 Å². The van der Waals surface area contributed by atoms with Crippen LogP contribution in [0.15, 0.2) is 24.3 Å². The molecule has 134 valence electrons. The molecule has 26 heavy (non-hydrogen) atoms. The number of aromatic nitrogens is 4. The van der Waals surface area contributed by atoms with Crippen molar-refractivity contribution < 1.29 is 14.3 Å². The molecule has 0 saturated carbocycles. The zero-order chi connectivity index (χ0) is 18.7. The van der Waals surface area contributed by atoms with E-state index in [-0.39, 0.29) is 23.2 Å². The minimum absolute atomic E-state index is 0.00656. The summed E-state index contributed by atoms with van der Waals surface area (Å²) in [6.07, 6.45) is -0.0426. The minimum atomic E-state index is -0.757. The molecule has 0 aliphatic heterocycles. The summed E-state index contributed by atoms with van der Waals surface area (Å²) in [5.74, 6) is 0.594. The monoisotopic (exact) mass is 355 g/mol. The Kier molecular flexibility index (Phi) is 4.65. The Balaban J connectivity index is 1.89. The molecule has 10 nitrogen and oxygen atoms in total. The maximum absolute atomic E-state index is 11.5. The predicted octanol–water partition coefficient (Wildman–Crippen LogP) is 1.76. The van der Waals surface area contributed by atoms with Gasteiger partial charge in [-0.25, -0.2) is 14.8 Å². The van der Waals surface area contributed by atoms with Gasteiger partial charge in [0, 0.05) is 5.56 Å². The summed E-state index contributed by atoms with van der Waals surface area (Å²) in [5, 5.41) is 0. The van der Waals surface area contributed by atoms with Crippen molar-refractivity contribution in [3.05, 3.63) is 24.3 Å². The maximum atomic E-state index is 11.5. The van der Waals surface area contributed by atoms with Crippen LogP contribution in [0.3, 0.4) is 0 Å². The lowest BCUT2D eigenvalue weighted by Crippen LogP contribution is -2.10. The lowest BCUT2D eigenvalue weighted by molar-refractivity contribution is 0.0992. The fourth-order valence-electron chi connectivity index (χ4n) is 2.20. The Hall–Kier alpha value is -3.69. The summed E-state index contributed by atoms with van der Waals surface area (Å²) < 4.78 is 9.92. The molecular formula is C16H17N7O3. The molecule has 0 atom stereocenters. The zero-order valence-corrected chi connectivity index (χ0v) is 14.0. The van der Waals surface area contributed by atoms with E-state index in [1.165, 1.54) is 0 Å². The average Bonchev–Trinajstić information content (AvgIpc) is 2.60. The summed E-state index contributed by atoms with van der Waals surface area (Å²) in [4.78, 5) is 27.9. The first kappa shape index (κ1) is 17.1. The number of ether oxygens (including phenoxy) is 2. The number of carbonyl (C=O) groups excluding carboxylic acids is 1. The van der Waals surface area contributed by atoms with Gasteiger partial charge in [0.15, 0.2) is 22.8 Å². The Morgan fingerprint density at radius 1 is 1.00 bits per heavy atom. The normalized spacial score (nSPS) is 10.7. The summed E-state index contributed by atoms with van der Waals surface area (Å²) >= 11 is 0. The van der Waals surface area contributed by atoms with Crippen molar-refractivity contribution in [2.24, 2.45) is 0 Å². The molecular weight excluding hydrogens is 338 g/mol. The van der Waals surface area contributed by atoms with Crippen LogP contribution in [0.1, 0.15) is 13.3 Å². The molecule has 2 aromatic heterocycles. The molecule has 0 saturated heterocycles. The molecule has 6 N–H and O–H groups in total. The molecule has 0 amide bonds. The first-order chi connectivity index (χ1) is 12.5. The molecule has 3 aromatic rings. The largest absolute Gasteiger partial charge is 0.513 e.